The van der Waals surface area contributed by atoms with Crippen molar-refractivity contribution in [1.82, 2.24) is 19.2 Å². The molecule has 1 N–H and O–H groups in total. The molecular formula is C20H18ClN5O2S. The zero-order valence-corrected chi connectivity index (χ0v) is 17.2. The highest BCUT2D eigenvalue weighted by Gasteiger charge is 2.17. The summed E-state index contributed by atoms with van der Waals surface area (Å²) in [7, 11) is 0. The van der Waals surface area contributed by atoms with Gasteiger partial charge in [0, 0.05) is 17.3 Å². The average Bonchev–Trinajstić information content (AvgIpc) is 3.15. The minimum Gasteiger partial charge on any atom is -0.325 e. The van der Waals surface area contributed by atoms with Crippen LogP contribution in [0.1, 0.15) is 13.3 Å². The van der Waals surface area contributed by atoms with E-state index < -0.39 is 0 Å². The third-order valence-corrected chi connectivity index (χ3v) is 5.57. The standard InChI is InChI=1S/C20H18ClN5O2S/c1-2-11-25-18(28)15-5-3-4-6-16(15)26-19(25)23-24-20(26)29-12-17(27)22-14-9-7-13(21)8-10-14/h3-10H,2,11-12H2,1H3,(H,22,27). The summed E-state index contributed by atoms with van der Waals surface area (Å²) >= 11 is 7.14. The molecule has 0 radical (unpaired) electrons. The van der Waals surface area contributed by atoms with E-state index in [0.29, 0.717) is 33.6 Å². The van der Waals surface area contributed by atoms with Gasteiger partial charge >= 0.3 is 0 Å². The molecule has 0 fully saturated rings. The molecule has 2 heterocycles. The molecule has 148 valence electrons. The number of nitrogens with zero attached hydrogens (tertiary/aromatic N) is 4. The van der Waals surface area contributed by atoms with Crippen LogP contribution in [0.15, 0.2) is 58.5 Å². The molecule has 0 aliphatic rings. The quantitative estimate of drug-likeness (QED) is 0.473. The maximum atomic E-state index is 12.8. The van der Waals surface area contributed by atoms with Crippen molar-refractivity contribution in [2.24, 2.45) is 0 Å². The summed E-state index contributed by atoms with van der Waals surface area (Å²) in [4.78, 5) is 25.2. The highest BCUT2D eigenvalue weighted by atomic mass is 35.5. The van der Waals surface area contributed by atoms with Gasteiger partial charge in [0.1, 0.15) is 0 Å². The van der Waals surface area contributed by atoms with E-state index in [9.17, 15) is 9.59 Å². The second-order valence-electron chi connectivity index (χ2n) is 6.44. The van der Waals surface area contributed by atoms with Gasteiger partial charge in [0.15, 0.2) is 5.16 Å². The summed E-state index contributed by atoms with van der Waals surface area (Å²) in [5.74, 6) is 0.474. The van der Waals surface area contributed by atoms with Crippen LogP contribution in [0.3, 0.4) is 0 Å². The zero-order valence-electron chi connectivity index (χ0n) is 15.6. The molecule has 0 atom stereocenters. The van der Waals surface area contributed by atoms with Crippen molar-refractivity contribution >= 4 is 51.6 Å². The molecule has 2 aromatic heterocycles. The average molecular weight is 428 g/mol. The topological polar surface area (TPSA) is 81.3 Å². The Morgan fingerprint density at radius 3 is 2.66 bits per heavy atom. The Labute approximate surface area is 175 Å². The first-order valence-corrected chi connectivity index (χ1v) is 10.5. The van der Waals surface area contributed by atoms with Crippen LogP contribution >= 0.6 is 23.4 Å². The minimum absolute atomic E-state index is 0.0839. The fourth-order valence-corrected chi connectivity index (χ4v) is 3.98. The Kier molecular flexibility index (Phi) is 5.55. The summed E-state index contributed by atoms with van der Waals surface area (Å²) < 4.78 is 3.47. The van der Waals surface area contributed by atoms with Crippen molar-refractivity contribution in [3.8, 4) is 0 Å². The van der Waals surface area contributed by atoms with E-state index >= 15 is 0 Å². The number of carbonyl (C=O) groups excluding carboxylic acids is 1. The molecule has 0 spiro atoms. The van der Waals surface area contributed by atoms with E-state index in [1.54, 1.807) is 34.9 Å². The van der Waals surface area contributed by atoms with Gasteiger partial charge in [0.05, 0.1) is 16.7 Å². The molecule has 4 aromatic rings. The van der Waals surface area contributed by atoms with Crippen molar-refractivity contribution in [1.29, 1.82) is 0 Å². The van der Waals surface area contributed by atoms with Crippen LogP contribution in [0.2, 0.25) is 5.02 Å². The molecule has 0 saturated carbocycles. The second kappa shape index (κ2) is 8.26. The summed E-state index contributed by atoms with van der Waals surface area (Å²) in [5, 5.41) is 13.1. The highest BCUT2D eigenvalue weighted by molar-refractivity contribution is 7.99. The highest BCUT2D eigenvalue weighted by Crippen LogP contribution is 2.22. The number of aromatic nitrogens is 4. The van der Waals surface area contributed by atoms with Gasteiger partial charge in [-0.1, -0.05) is 42.4 Å². The van der Waals surface area contributed by atoms with E-state index in [0.717, 1.165) is 11.9 Å². The first-order chi connectivity index (χ1) is 14.1. The summed E-state index contributed by atoms with van der Waals surface area (Å²) in [6.45, 7) is 2.55. The lowest BCUT2D eigenvalue weighted by molar-refractivity contribution is -0.113. The first-order valence-electron chi connectivity index (χ1n) is 9.13. The number of anilines is 1. The van der Waals surface area contributed by atoms with Crippen molar-refractivity contribution < 1.29 is 4.79 Å². The van der Waals surface area contributed by atoms with E-state index in [2.05, 4.69) is 15.5 Å². The summed E-state index contributed by atoms with van der Waals surface area (Å²) in [5.41, 5.74) is 1.32. The number of aryl methyl sites for hydroxylation is 1. The molecule has 0 saturated heterocycles. The van der Waals surface area contributed by atoms with Crippen molar-refractivity contribution in [2.75, 3.05) is 11.1 Å². The fraction of sp³-hybridized carbons (Fsp3) is 0.200. The Morgan fingerprint density at radius 2 is 1.90 bits per heavy atom. The molecule has 0 bridgehead atoms. The van der Waals surface area contributed by atoms with Crippen LogP contribution in [0.4, 0.5) is 5.69 Å². The first kappa shape index (κ1) is 19.5. The molecule has 2 aromatic carbocycles. The molecule has 0 unspecified atom stereocenters. The van der Waals surface area contributed by atoms with Gasteiger partial charge in [-0.2, -0.15) is 0 Å². The second-order valence-corrected chi connectivity index (χ2v) is 7.81. The number of fused-ring (bicyclic) bond motifs is 3. The Bertz CT molecular complexity index is 1250. The van der Waals surface area contributed by atoms with E-state index in [1.807, 2.05) is 29.5 Å². The lowest BCUT2D eigenvalue weighted by atomic mass is 10.2. The third-order valence-electron chi connectivity index (χ3n) is 4.39. The van der Waals surface area contributed by atoms with Crippen LogP contribution in [-0.2, 0) is 11.3 Å². The number of benzene rings is 2. The van der Waals surface area contributed by atoms with Crippen molar-refractivity contribution in [3.05, 3.63) is 63.9 Å². The van der Waals surface area contributed by atoms with Crippen LogP contribution in [0.5, 0.6) is 0 Å². The number of nitrogens with one attached hydrogen (secondary N) is 1. The fourth-order valence-electron chi connectivity index (χ4n) is 3.11. The lowest BCUT2D eigenvalue weighted by Crippen LogP contribution is -2.23. The number of para-hydroxylation sites is 1. The predicted molar refractivity (Wildman–Crippen MR) is 116 cm³/mol. The molecule has 4 rings (SSSR count). The number of halogens is 1. The Balaban J connectivity index is 1.65. The van der Waals surface area contributed by atoms with E-state index in [4.69, 9.17) is 11.6 Å². The van der Waals surface area contributed by atoms with Crippen LogP contribution in [0, 0.1) is 0 Å². The number of thioether (sulfide) groups is 1. The van der Waals surface area contributed by atoms with Gasteiger partial charge in [-0.05, 0) is 42.8 Å². The maximum Gasteiger partial charge on any atom is 0.262 e. The Morgan fingerprint density at radius 1 is 1.14 bits per heavy atom. The van der Waals surface area contributed by atoms with Gasteiger partial charge in [-0.15, -0.1) is 10.2 Å². The minimum atomic E-state index is -0.166. The number of carbonyl (C=O) groups is 1. The predicted octanol–water partition coefficient (Wildman–Crippen LogP) is 3.84. The molecule has 1 amide bonds. The zero-order chi connectivity index (χ0) is 20.4. The van der Waals surface area contributed by atoms with Crippen molar-refractivity contribution in [2.45, 2.75) is 25.0 Å². The monoisotopic (exact) mass is 427 g/mol. The molecule has 29 heavy (non-hydrogen) atoms. The number of amides is 1. The Hall–Kier alpha value is -2.84. The number of hydrogen-bond donors (Lipinski definition) is 1. The number of hydrogen-bond acceptors (Lipinski definition) is 5. The molecule has 0 aliphatic heterocycles. The van der Waals surface area contributed by atoms with E-state index in [-0.39, 0.29) is 17.2 Å². The van der Waals surface area contributed by atoms with Gasteiger partial charge in [0.2, 0.25) is 11.7 Å². The van der Waals surface area contributed by atoms with Gasteiger partial charge in [-0.3, -0.25) is 18.6 Å². The molecule has 7 nitrogen and oxygen atoms in total. The normalized spacial score (nSPS) is 11.2. The SMILES string of the molecule is CCCn1c(=O)c2ccccc2n2c(SCC(=O)Nc3ccc(Cl)cc3)nnc12. The molecular weight excluding hydrogens is 410 g/mol. The summed E-state index contributed by atoms with van der Waals surface area (Å²) in [6.07, 6.45) is 0.798. The van der Waals surface area contributed by atoms with Gasteiger partial charge in [-0.25, -0.2) is 0 Å². The van der Waals surface area contributed by atoms with Gasteiger partial charge < -0.3 is 5.32 Å². The van der Waals surface area contributed by atoms with Crippen molar-refractivity contribution in [3.63, 3.8) is 0 Å². The van der Waals surface area contributed by atoms with Crippen LogP contribution in [-0.4, -0.2) is 30.8 Å². The number of rotatable bonds is 6. The largest absolute Gasteiger partial charge is 0.325 e. The smallest absolute Gasteiger partial charge is 0.262 e. The third kappa shape index (κ3) is 3.86. The molecule has 9 heteroatoms. The van der Waals surface area contributed by atoms with Gasteiger partial charge in [0.25, 0.3) is 5.56 Å². The lowest BCUT2D eigenvalue weighted by Gasteiger charge is -2.10. The summed E-state index contributed by atoms with van der Waals surface area (Å²) in [6, 6.07) is 14.3. The molecule has 0 aliphatic carbocycles. The van der Waals surface area contributed by atoms with E-state index in [1.165, 1.54) is 11.8 Å². The van der Waals surface area contributed by atoms with Crippen LogP contribution in [0.25, 0.3) is 16.7 Å². The maximum absolute atomic E-state index is 12.8. The van der Waals surface area contributed by atoms with Crippen LogP contribution < -0.4 is 10.9 Å².